The van der Waals surface area contributed by atoms with Gasteiger partial charge in [-0.1, -0.05) is 5.43 Å². The summed E-state index contributed by atoms with van der Waals surface area (Å²) in [6.45, 7) is 1.27. The van der Waals surface area contributed by atoms with Gasteiger partial charge in [0.15, 0.2) is 0 Å². The van der Waals surface area contributed by atoms with Crippen molar-refractivity contribution in [2.45, 2.75) is 6.92 Å². The number of hydrogen-bond acceptors (Lipinski definition) is 2. The van der Waals surface area contributed by atoms with Crippen molar-refractivity contribution in [2.75, 3.05) is 0 Å². The largest absolute Gasteiger partial charge is 0.276 e. The van der Waals surface area contributed by atoms with Gasteiger partial charge in [-0.3, -0.25) is 4.79 Å². The number of carbonyl (C=O) groups is 1. The second-order valence-corrected chi connectivity index (χ2v) is 1.04. The molecule has 0 fully saturated rings. The van der Waals surface area contributed by atoms with E-state index >= 15 is 0 Å². The first kappa shape index (κ1) is 5.87. The smallest absolute Gasteiger partial charge is 0.269 e. The van der Waals surface area contributed by atoms with Crippen molar-refractivity contribution in [3.05, 3.63) is 0 Å². The summed E-state index contributed by atoms with van der Waals surface area (Å²) in [5.74, 6) is 4.31. The molecule has 0 heterocycles. The molecular formula is C2H7N4O+. The van der Waals surface area contributed by atoms with E-state index in [0.29, 0.717) is 4.92 Å². The highest BCUT2D eigenvalue weighted by Gasteiger charge is 1.94. The number of hydrazine groups is 2. The van der Waals surface area contributed by atoms with Gasteiger partial charge >= 0.3 is 0 Å². The zero-order valence-electron chi connectivity index (χ0n) is 3.93. The van der Waals surface area contributed by atoms with Crippen molar-refractivity contribution < 1.29 is 9.71 Å². The Morgan fingerprint density at radius 2 is 2.43 bits per heavy atom. The Bertz CT molecular complexity index is 85.9. The monoisotopic (exact) mass is 103 g/mol. The molecule has 4 N–H and O–H groups in total. The van der Waals surface area contributed by atoms with E-state index in [0.717, 1.165) is 0 Å². The van der Waals surface area contributed by atoms with Gasteiger partial charge in [-0.05, 0) is 0 Å². The molecule has 40 valence electrons. The molecule has 0 aromatic heterocycles. The van der Waals surface area contributed by atoms with Crippen LogP contribution in [-0.4, -0.2) is 10.8 Å². The van der Waals surface area contributed by atoms with Crippen molar-refractivity contribution in [2.24, 2.45) is 5.84 Å². The summed E-state index contributed by atoms with van der Waals surface area (Å²) in [7, 11) is 0. The average molecular weight is 103 g/mol. The molecule has 0 saturated heterocycles. The van der Waals surface area contributed by atoms with Crippen LogP contribution in [0.1, 0.15) is 6.92 Å². The van der Waals surface area contributed by atoms with Crippen LogP contribution in [0.25, 0.3) is 0 Å². The van der Waals surface area contributed by atoms with Crippen molar-refractivity contribution in [1.82, 2.24) is 5.43 Å². The third kappa shape index (κ3) is 4.87. The topological polar surface area (TPSA) is 82.0 Å². The van der Waals surface area contributed by atoms with Crippen LogP contribution >= 0.6 is 0 Å². The normalized spacial score (nSPS) is 7.57. The maximum atomic E-state index is 9.90. The third-order valence-corrected chi connectivity index (χ3v) is 0.278. The van der Waals surface area contributed by atoms with Crippen LogP contribution in [0.4, 0.5) is 0 Å². The first-order valence-electron chi connectivity index (χ1n) is 1.66. The molecule has 0 aliphatic rings. The molecule has 0 aromatic rings. The molecule has 0 aliphatic carbocycles. The molecule has 0 radical (unpaired) electrons. The number of hydrogen-bond donors (Lipinski definition) is 3. The van der Waals surface area contributed by atoms with Crippen LogP contribution in [0, 0.1) is 5.53 Å². The number of nitrogens with one attached hydrogen (secondary N) is 2. The molecule has 0 aliphatic heterocycles. The van der Waals surface area contributed by atoms with Crippen molar-refractivity contribution in [3.63, 3.8) is 0 Å². The van der Waals surface area contributed by atoms with Crippen LogP contribution in [-0.2, 0) is 4.79 Å². The van der Waals surface area contributed by atoms with E-state index in [4.69, 9.17) is 5.53 Å². The minimum Gasteiger partial charge on any atom is -0.269 e. The Kier molecular flexibility index (Phi) is 1.78. The molecule has 0 spiro atoms. The van der Waals surface area contributed by atoms with Gasteiger partial charge in [0, 0.05) is 12.5 Å². The fraction of sp³-hybridized carbons (Fsp3) is 0.500. The average Bonchev–Trinajstić information content (AvgIpc) is 1.27. The van der Waals surface area contributed by atoms with Crippen LogP contribution < -0.4 is 11.3 Å². The Labute approximate surface area is 40.5 Å². The molecule has 0 rings (SSSR count). The minimum atomic E-state index is -0.350. The van der Waals surface area contributed by atoms with Gasteiger partial charge in [-0.25, -0.2) is 0 Å². The van der Waals surface area contributed by atoms with E-state index < -0.39 is 0 Å². The highest BCUT2D eigenvalue weighted by molar-refractivity contribution is 5.71. The van der Waals surface area contributed by atoms with Crippen LogP contribution in [0.3, 0.4) is 0 Å². The predicted octanol–water partition coefficient (Wildman–Crippen LogP) is -1.05. The van der Waals surface area contributed by atoms with Crippen LogP contribution in [0.5, 0.6) is 0 Å². The van der Waals surface area contributed by atoms with E-state index in [9.17, 15) is 4.79 Å². The Morgan fingerprint density at radius 3 is 2.43 bits per heavy atom. The summed E-state index contributed by atoms with van der Waals surface area (Å²) in [5, 5.41) is 0. The van der Waals surface area contributed by atoms with Gasteiger partial charge in [-0.2, -0.15) is 5.84 Å². The van der Waals surface area contributed by atoms with Gasteiger partial charge in [0.1, 0.15) is 4.92 Å². The van der Waals surface area contributed by atoms with Gasteiger partial charge in [0.2, 0.25) is 0 Å². The van der Waals surface area contributed by atoms with Crippen molar-refractivity contribution in [3.8, 4) is 0 Å². The zero-order chi connectivity index (χ0) is 5.86. The maximum Gasteiger partial charge on any atom is 0.276 e. The highest BCUT2D eigenvalue weighted by Crippen LogP contribution is 1.52. The lowest BCUT2D eigenvalue weighted by atomic mass is 10.8. The number of amides is 1. The molecule has 0 saturated carbocycles. The van der Waals surface area contributed by atoms with Crippen LogP contribution in [0.15, 0.2) is 0 Å². The number of nitrogens with two attached hydrogens (primary N) is 1. The highest BCUT2D eigenvalue weighted by atomic mass is 16.2. The Balaban J connectivity index is 3.32. The number of rotatable bonds is 1. The summed E-state index contributed by atoms with van der Waals surface area (Å²) in [4.78, 5) is 10.3. The molecule has 5 heteroatoms. The lowest BCUT2D eigenvalue weighted by Gasteiger charge is -1.82. The van der Waals surface area contributed by atoms with Gasteiger partial charge in [0.05, 0.1) is 0 Å². The second-order valence-electron chi connectivity index (χ2n) is 1.04. The van der Waals surface area contributed by atoms with E-state index in [1.165, 1.54) is 6.92 Å². The first-order chi connectivity index (χ1) is 3.13. The van der Waals surface area contributed by atoms with Gasteiger partial charge in [-0.15, -0.1) is 0 Å². The first-order valence-corrected chi connectivity index (χ1v) is 1.66. The fourth-order valence-electron chi connectivity index (χ4n) is 0.170. The lowest BCUT2D eigenvalue weighted by Crippen LogP contribution is -2.35. The molecule has 1 amide bonds. The number of nitrogens with zero attached hydrogens (tertiary/aromatic N) is 1. The summed E-state index contributed by atoms with van der Waals surface area (Å²) >= 11 is 0. The molecule has 0 unspecified atom stereocenters. The minimum absolute atomic E-state index is 0.350. The molecule has 0 aromatic carbocycles. The zero-order valence-corrected chi connectivity index (χ0v) is 3.93. The Morgan fingerprint density at radius 1 is 2.00 bits per heavy atom. The summed E-state index contributed by atoms with van der Waals surface area (Å²) in [6, 6.07) is 0. The maximum absolute atomic E-state index is 9.90. The second kappa shape index (κ2) is 2.12. The standard InChI is InChI=1S/C2H6N4O/c1-2(7)5-6(3)4/h1H3,(H3-,3,4,5,7)/p+1. The Hall–Kier alpha value is -1.13. The number of carbonyl (C=O) groups excluding carboxylic acids is 1. The molecule has 7 heavy (non-hydrogen) atoms. The van der Waals surface area contributed by atoms with Gasteiger partial charge < -0.3 is 0 Å². The summed E-state index contributed by atoms with van der Waals surface area (Å²) in [5.41, 5.74) is 8.33. The van der Waals surface area contributed by atoms with Crippen LogP contribution in [0.2, 0.25) is 0 Å². The summed E-state index contributed by atoms with van der Waals surface area (Å²) in [6.07, 6.45) is 0. The van der Waals surface area contributed by atoms with Gasteiger partial charge in [0.25, 0.3) is 5.91 Å². The SMILES string of the molecule is CC(=O)N[N+](=N)N. The third-order valence-electron chi connectivity index (χ3n) is 0.278. The predicted molar refractivity (Wildman–Crippen MR) is 21.0 cm³/mol. The van der Waals surface area contributed by atoms with E-state index in [2.05, 4.69) is 5.84 Å². The lowest BCUT2D eigenvalue weighted by molar-refractivity contribution is -0.668. The quantitative estimate of drug-likeness (QED) is 0.171. The molecular weight excluding hydrogens is 96.0 g/mol. The fourth-order valence-corrected chi connectivity index (χ4v) is 0.170. The molecule has 0 bridgehead atoms. The summed E-state index contributed by atoms with van der Waals surface area (Å²) < 4.78 is 0. The van der Waals surface area contributed by atoms with Crippen molar-refractivity contribution >= 4 is 5.91 Å². The molecule has 0 atom stereocenters. The van der Waals surface area contributed by atoms with E-state index in [1.807, 2.05) is 5.43 Å². The molecule has 5 nitrogen and oxygen atoms in total. The van der Waals surface area contributed by atoms with E-state index in [1.54, 1.807) is 0 Å². The van der Waals surface area contributed by atoms with E-state index in [-0.39, 0.29) is 5.91 Å². The van der Waals surface area contributed by atoms with Crippen molar-refractivity contribution in [1.29, 1.82) is 5.53 Å².